The molecule has 1 fully saturated rings. The number of amides is 2. The average Bonchev–Trinajstić information content (AvgIpc) is 3.11. The van der Waals surface area contributed by atoms with Gasteiger partial charge in [-0.3, -0.25) is 0 Å². The van der Waals surface area contributed by atoms with Gasteiger partial charge in [-0.25, -0.2) is 9.59 Å². The molecule has 0 aliphatic carbocycles. The van der Waals surface area contributed by atoms with E-state index in [2.05, 4.69) is 6.92 Å². The zero-order valence-corrected chi connectivity index (χ0v) is 21.1. The standard InChI is InChI=1S/C28H38N2O5/c1-4-5-6-10-18-30-21-23(29(3)27(30)33)17-19-34-24-15-13-22(14-16-24)20-28(2,26(31)32)35-25-11-8-7-9-12-25/h7-9,11-16,23H,4-6,10,17-21H2,1-3H3,(H,31,32). The molecule has 7 nitrogen and oxygen atoms in total. The Kier molecular flexibility index (Phi) is 9.40. The van der Waals surface area contributed by atoms with Gasteiger partial charge in [0.25, 0.3) is 0 Å². The van der Waals surface area contributed by atoms with Crippen molar-refractivity contribution < 1.29 is 24.2 Å². The minimum Gasteiger partial charge on any atom is -0.494 e. The number of carboxylic acids is 1. The molecule has 2 amide bonds. The van der Waals surface area contributed by atoms with E-state index in [1.165, 1.54) is 12.8 Å². The van der Waals surface area contributed by atoms with Crippen molar-refractivity contribution in [3.05, 3.63) is 60.2 Å². The van der Waals surface area contributed by atoms with Crippen LogP contribution in [0.15, 0.2) is 54.6 Å². The lowest BCUT2D eigenvalue weighted by atomic mass is 9.96. The molecule has 190 valence electrons. The van der Waals surface area contributed by atoms with E-state index in [0.29, 0.717) is 12.4 Å². The van der Waals surface area contributed by atoms with E-state index < -0.39 is 11.6 Å². The summed E-state index contributed by atoms with van der Waals surface area (Å²) >= 11 is 0. The molecular formula is C28H38N2O5. The molecule has 0 bridgehead atoms. The van der Waals surface area contributed by atoms with Gasteiger partial charge in [0, 0.05) is 33.0 Å². The highest BCUT2D eigenvalue weighted by Gasteiger charge is 2.36. The Labute approximate surface area is 208 Å². The first-order valence-corrected chi connectivity index (χ1v) is 12.5. The first-order chi connectivity index (χ1) is 16.8. The van der Waals surface area contributed by atoms with Gasteiger partial charge in [0.2, 0.25) is 5.60 Å². The third-order valence-corrected chi connectivity index (χ3v) is 6.56. The number of ether oxygens (including phenoxy) is 2. The molecule has 0 saturated carbocycles. The molecule has 1 aliphatic heterocycles. The van der Waals surface area contributed by atoms with Crippen molar-refractivity contribution in [3.8, 4) is 11.5 Å². The number of rotatable bonds is 14. The number of benzene rings is 2. The summed E-state index contributed by atoms with van der Waals surface area (Å²) in [4.78, 5) is 28.2. The molecule has 2 unspecified atom stereocenters. The van der Waals surface area contributed by atoms with Crippen molar-refractivity contribution in [2.75, 3.05) is 26.7 Å². The normalized spacial score (nSPS) is 17.3. The number of hydrogen-bond acceptors (Lipinski definition) is 4. The number of para-hydroxylation sites is 1. The van der Waals surface area contributed by atoms with Crippen molar-refractivity contribution in [3.63, 3.8) is 0 Å². The van der Waals surface area contributed by atoms with Crippen LogP contribution in [0.4, 0.5) is 4.79 Å². The molecule has 2 aromatic carbocycles. The molecule has 1 N–H and O–H groups in total. The number of hydrogen-bond donors (Lipinski definition) is 1. The third kappa shape index (κ3) is 7.38. The van der Waals surface area contributed by atoms with Crippen LogP contribution in [0, 0.1) is 0 Å². The third-order valence-electron chi connectivity index (χ3n) is 6.56. The van der Waals surface area contributed by atoms with Gasteiger partial charge < -0.3 is 24.4 Å². The predicted molar refractivity (Wildman–Crippen MR) is 136 cm³/mol. The van der Waals surface area contributed by atoms with E-state index >= 15 is 0 Å². The second kappa shape index (κ2) is 12.5. The van der Waals surface area contributed by atoms with Gasteiger partial charge in [-0.1, -0.05) is 56.5 Å². The van der Waals surface area contributed by atoms with E-state index in [1.54, 1.807) is 19.1 Å². The van der Waals surface area contributed by atoms with Crippen LogP contribution in [-0.2, 0) is 11.2 Å². The molecule has 0 aromatic heterocycles. The predicted octanol–water partition coefficient (Wildman–Crippen LogP) is 5.24. The quantitative estimate of drug-likeness (QED) is 0.373. The summed E-state index contributed by atoms with van der Waals surface area (Å²) in [5.74, 6) is 0.224. The molecule has 0 spiro atoms. The van der Waals surface area contributed by atoms with Crippen LogP contribution in [0.25, 0.3) is 0 Å². The van der Waals surface area contributed by atoms with Crippen molar-refractivity contribution in [1.29, 1.82) is 0 Å². The summed E-state index contributed by atoms with van der Waals surface area (Å²) in [5.41, 5.74) is -0.538. The summed E-state index contributed by atoms with van der Waals surface area (Å²) in [5, 5.41) is 9.78. The number of aliphatic carboxylic acids is 1. The zero-order valence-electron chi connectivity index (χ0n) is 21.1. The molecule has 2 aromatic rings. The topological polar surface area (TPSA) is 79.3 Å². The highest BCUT2D eigenvalue weighted by molar-refractivity contribution is 5.78. The highest BCUT2D eigenvalue weighted by atomic mass is 16.5. The van der Waals surface area contributed by atoms with Gasteiger partial charge in [-0.05, 0) is 43.2 Å². The number of unbranched alkanes of at least 4 members (excludes halogenated alkanes) is 3. The van der Waals surface area contributed by atoms with Crippen LogP contribution >= 0.6 is 0 Å². The summed E-state index contributed by atoms with van der Waals surface area (Å²) in [6.07, 6.45) is 5.61. The molecule has 1 saturated heterocycles. The summed E-state index contributed by atoms with van der Waals surface area (Å²) in [7, 11) is 1.87. The fourth-order valence-electron chi connectivity index (χ4n) is 4.35. The van der Waals surface area contributed by atoms with Gasteiger partial charge >= 0.3 is 12.0 Å². The molecule has 2 atom stereocenters. The van der Waals surface area contributed by atoms with Gasteiger partial charge in [0.1, 0.15) is 11.5 Å². The van der Waals surface area contributed by atoms with Crippen LogP contribution in [0.3, 0.4) is 0 Å². The molecule has 1 heterocycles. The first-order valence-electron chi connectivity index (χ1n) is 12.5. The maximum atomic E-state index is 12.5. The van der Waals surface area contributed by atoms with Crippen LogP contribution in [0.1, 0.15) is 51.5 Å². The van der Waals surface area contributed by atoms with E-state index in [9.17, 15) is 14.7 Å². The smallest absolute Gasteiger partial charge is 0.348 e. The van der Waals surface area contributed by atoms with Crippen molar-refractivity contribution in [1.82, 2.24) is 9.80 Å². The Bertz CT molecular complexity index is 950. The van der Waals surface area contributed by atoms with E-state index in [0.717, 1.165) is 43.7 Å². The molecule has 1 aliphatic rings. The number of carbonyl (C=O) groups excluding carboxylic acids is 1. The number of carboxylic acid groups (broad SMARTS) is 1. The monoisotopic (exact) mass is 482 g/mol. The molecule has 3 rings (SSSR count). The van der Waals surface area contributed by atoms with Crippen LogP contribution in [0.2, 0.25) is 0 Å². The highest BCUT2D eigenvalue weighted by Crippen LogP contribution is 2.24. The van der Waals surface area contributed by atoms with Gasteiger partial charge in [0.05, 0.1) is 12.6 Å². The van der Waals surface area contributed by atoms with E-state index in [1.807, 2.05) is 59.3 Å². The number of likely N-dealkylation sites (N-methyl/N-ethyl adjacent to an activating group) is 1. The fourth-order valence-corrected chi connectivity index (χ4v) is 4.35. The van der Waals surface area contributed by atoms with E-state index in [-0.39, 0.29) is 18.5 Å². The van der Waals surface area contributed by atoms with Crippen molar-refractivity contribution in [2.45, 2.75) is 64.0 Å². The van der Waals surface area contributed by atoms with Crippen molar-refractivity contribution in [2.24, 2.45) is 0 Å². The number of urea groups is 1. The van der Waals surface area contributed by atoms with E-state index in [4.69, 9.17) is 9.47 Å². The minimum atomic E-state index is -1.38. The van der Waals surface area contributed by atoms with Crippen LogP contribution in [0.5, 0.6) is 11.5 Å². The largest absolute Gasteiger partial charge is 0.494 e. The number of nitrogens with zero attached hydrogens (tertiary/aromatic N) is 2. The Morgan fingerprint density at radius 3 is 2.43 bits per heavy atom. The van der Waals surface area contributed by atoms with Gasteiger partial charge in [-0.15, -0.1) is 0 Å². The lowest BCUT2D eigenvalue weighted by molar-refractivity contribution is -0.153. The fraction of sp³-hybridized carbons (Fsp3) is 0.500. The first kappa shape index (κ1) is 26.4. The van der Waals surface area contributed by atoms with Crippen LogP contribution < -0.4 is 9.47 Å². The Balaban J connectivity index is 1.48. The van der Waals surface area contributed by atoms with Crippen molar-refractivity contribution >= 4 is 12.0 Å². The summed E-state index contributed by atoms with van der Waals surface area (Å²) < 4.78 is 11.7. The SMILES string of the molecule is CCCCCCN1CC(CCOc2ccc(CC(C)(Oc3ccccc3)C(=O)O)cc2)N(C)C1=O. The Morgan fingerprint density at radius 2 is 1.77 bits per heavy atom. The second-order valence-corrected chi connectivity index (χ2v) is 9.46. The molecule has 7 heteroatoms. The Hall–Kier alpha value is -3.22. The summed E-state index contributed by atoms with van der Waals surface area (Å²) in [6, 6.07) is 16.7. The van der Waals surface area contributed by atoms with Gasteiger partial charge in [-0.2, -0.15) is 0 Å². The van der Waals surface area contributed by atoms with Gasteiger partial charge in [0.15, 0.2) is 0 Å². The molecular weight excluding hydrogens is 444 g/mol. The summed E-state index contributed by atoms with van der Waals surface area (Å²) in [6.45, 7) is 5.85. The zero-order chi connectivity index (χ0) is 25.3. The minimum absolute atomic E-state index is 0.107. The Morgan fingerprint density at radius 1 is 1.06 bits per heavy atom. The maximum absolute atomic E-state index is 12.5. The molecule has 35 heavy (non-hydrogen) atoms. The molecule has 0 radical (unpaired) electrons. The lowest BCUT2D eigenvalue weighted by Gasteiger charge is -2.26. The number of carbonyl (C=O) groups is 2. The van der Waals surface area contributed by atoms with Crippen LogP contribution in [-0.4, -0.2) is 65.3 Å². The maximum Gasteiger partial charge on any atom is 0.348 e. The lowest BCUT2D eigenvalue weighted by Crippen LogP contribution is -2.43. The average molecular weight is 483 g/mol. The second-order valence-electron chi connectivity index (χ2n) is 9.46.